The molecule has 0 bridgehead atoms. The molecule has 2 unspecified atom stereocenters. The van der Waals surface area contributed by atoms with Gasteiger partial charge in [0.15, 0.2) is 5.03 Å². The van der Waals surface area contributed by atoms with Crippen molar-refractivity contribution in [1.82, 2.24) is 13.9 Å². The van der Waals surface area contributed by atoms with Crippen LogP contribution in [0.2, 0.25) is 0 Å². The molecule has 3 aliphatic rings. The standard InChI is InChI=1S/C14H18N4O2S/c1-17-7-13(16-9-17)21(19,20)18-5-11-12(6-18)14(11,8-15)4-10-2-3-10/h7,9-12H,2-6H2,1H3. The van der Waals surface area contributed by atoms with Gasteiger partial charge in [-0.05, 0) is 24.2 Å². The smallest absolute Gasteiger partial charge is 0.262 e. The normalized spacial score (nSPS) is 35.4. The molecule has 21 heavy (non-hydrogen) atoms. The van der Waals surface area contributed by atoms with E-state index in [0.717, 1.165) is 6.42 Å². The van der Waals surface area contributed by atoms with Gasteiger partial charge in [-0.2, -0.15) is 9.57 Å². The number of aryl methyl sites for hydroxylation is 1. The van der Waals surface area contributed by atoms with Gasteiger partial charge < -0.3 is 4.57 Å². The third-order valence-electron chi connectivity index (χ3n) is 5.32. The minimum atomic E-state index is -3.50. The summed E-state index contributed by atoms with van der Waals surface area (Å²) in [5, 5.41) is 9.62. The Bertz CT molecular complexity index is 716. The second-order valence-electron chi connectivity index (χ2n) is 6.71. The van der Waals surface area contributed by atoms with E-state index in [-0.39, 0.29) is 22.3 Å². The van der Waals surface area contributed by atoms with Crippen LogP contribution in [-0.2, 0) is 17.1 Å². The van der Waals surface area contributed by atoms with Crippen LogP contribution < -0.4 is 0 Å². The Morgan fingerprint density at radius 1 is 1.43 bits per heavy atom. The van der Waals surface area contributed by atoms with E-state index >= 15 is 0 Å². The SMILES string of the molecule is Cn1cnc(S(=O)(=O)N2CC3C(C2)C3(C#N)CC2CC2)c1. The van der Waals surface area contributed by atoms with Crippen molar-refractivity contribution in [1.29, 1.82) is 5.26 Å². The third-order valence-corrected chi connectivity index (χ3v) is 7.03. The zero-order chi connectivity index (χ0) is 14.8. The van der Waals surface area contributed by atoms with Gasteiger partial charge in [0, 0.05) is 26.3 Å². The molecule has 2 aliphatic carbocycles. The van der Waals surface area contributed by atoms with Crippen molar-refractivity contribution in [2.24, 2.45) is 30.2 Å². The Morgan fingerprint density at radius 2 is 2.10 bits per heavy atom. The molecule has 1 saturated heterocycles. The number of piperidine rings is 1. The van der Waals surface area contributed by atoms with E-state index in [0.29, 0.717) is 19.0 Å². The Kier molecular flexibility index (Phi) is 2.58. The number of aromatic nitrogens is 2. The summed E-state index contributed by atoms with van der Waals surface area (Å²) in [5.74, 6) is 1.15. The predicted molar refractivity (Wildman–Crippen MR) is 74.3 cm³/mol. The topological polar surface area (TPSA) is 79.0 Å². The lowest BCUT2D eigenvalue weighted by Gasteiger charge is -2.21. The number of nitrogens with zero attached hydrogens (tertiary/aromatic N) is 4. The Morgan fingerprint density at radius 3 is 2.57 bits per heavy atom. The molecule has 6 nitrogen and oxygen atoms in total. The summed E-state index contributed by atoms with van der Waals surface area (Å²) in [7, 11) is -1.75. The maximum absolute atomic E-state index is 12.5. The largest absolute Gasteiger partial charge is 0.339 e. The number of sulfonamides is 1. The lowest BCUT2D eigenvalue weighted by Crippen LogP contribution is -2.34. The number of hydrogen-bond donors (Lipinski definition) is 0. The number of nitriles is 1. The van der Waals surface area contributed by atoms with Gasteiger partial charge in [-0.25, -0.2) is 13.4 Å². The van der Waals surface area contributed by atoms with Gasteiger partial charge in [-0.3, -0.25) is 0 Å². The maximum atomic E-state index is 12.5. The third kappa shape index (κ3) is 1.86. The summed E-state index contributed by atoms with van der Waals surface area (Å²) in [4.78, 5) is 3.96. The zero-order valence-corrected chi connectivity index (χ0v) is 12.8. The Balaban J connectivity index is 1.51. The molecule has 4 rings (SSSR count). The van der Waals surface area contributed by atoms with E-state index in [1.54, 1.807) is 11.6 Å². The summed E-state index contributed by atoms with van der Waals surface area (Å²) in [6.45, 7) is 0.952. The van der Waals surface area contributed by atoms with Crippen molar-refractivity contribution in [2.75, 3.05) is 13.1 Å². The van der Waals surface area contributed by atoms with Crippen molar-refractivity contribution in [3.05, 3.63) is 12.5 Å². The Labute approximate surface area is 124 Å². The van der Waals surface area contributed by atoms with E-state index in [1.165, 1.54) is 29.7 Å². The quantitative estimate of drug-likeness (QED) is 0.830. The van der Waals surface area contributed by atoms with E-state index in [1.807, 2.05) is 0 Å². The van der Waals surface area contributed by atoms with Gasteiger partial charge in [-0.15, -0.1) is 0 Å². The average Bonchev–Trinajstić information content (AvgIpc) is 3.22. The fraction of sp³-hybridized carbons (Fsp3) is 0.714. The lowest BCUT2D eigenvalue weighted by atomic mass is 9.95. The van der Waals surface area contributed by atoms with E-state index in [2.05, 4.69) is 11.1 Å². The fourth-order valence-corrected chi connectivity index (χ4v) is 5.32. The lowest BCUT2D eigenvalue weighted by molar-refractivity contribution is 0.351. The van der Waals surface area contributed by atoms with Crippen LogP contribution in [0.3, 0.4) is 0 Å². The highest BCUT2D eigenvalue weighted by molar-refractivity contribution is 7.89. The first-order chi connectivity index (χ1) is 9.97. The van der Waals surface area contributed by atoms with Gasteiger partial charge in [0.05, 0.1) is 17.8 Å². The van der Waals surface area contributed by atoms with Gasteiger partial charge in [0.25, 0.3) is 10.0 Å². The highest BCUT2D eigenvalue weighted by atomic mass is 32.2. The summed E-state index contributed by atoms with van der Waals surface area (Å²) in [6.07, 6.45) is 6.46. The maximum Gasteiger partial charge on any atom is 0.262 e. The minimum Gasteiger partial charge on any atom is -0.339 e. The van der Waals surface area contributed by atoms with Crippen molar-refractivity contribution in [3.8, 4) is 6.07 Å². The molecule has 1 aromatic heterocycles. The highest BCUT2D eigenvalue weighted by Crippen LogP contribution is 2.67. The molecule has 0 amide bonds. The molecule has 2 saturated carbocycles. The average molecular weight is 306 g/mol. The number of rotatable bonds is 4. The van der Waals surface area contributed by atoms with Crippen molar-refractivity contribution < 1.29 is 8.42 Å². The molecule has 112 valence electrons. The van der Waals surface area contributed by atoms with Crippen LogP contribution in [0, 0.1) is 34.5 Å². The molecule has 7 heteroatoms. The second-order valence-corrected chi connectivity index (χ2v) is 8.60. The number of hydrogen-bond acceptors (Lipinski definition) is 4. The zero-order valence-electron chi connectivity index (χ0n) is 11.9. The number of fused-ring (bicyclic) bond motifs is 1. The van der Waals surface area contributed by atoms with Crippen molar-refractivity contribution >= 4 is 10.0 Å². The van der Waals surface area contributed by atoms with Crippen LogP contribution in [0.15, 0.2) is 17.6 Å². The summed E-state index contributed by atoms with van der Waals surface area (Å²) in [5.41, 5.74) is -0.239. The predicted octanol–water partition coefficient (Wildman–Crippen LogP) is 0.980. The van der Waals surface area contributed by atoms with Gasteiger partial charge >= 0.3 is 0 Å². The Hall–Kier alpha value is -1.39. The summed E-state index contributed by atoms with van der Waals surface area (Å²) >= 11 is 0. The first-order valence-electron chi connectivity index (χ1n) is 7.37. The molecule has 0 N–H and O–H groups in total. The summed E-state index contributed by atoms with van der Waals surface area (Å²) < 4.78 is 28.2. The fourth-order valence-electron chi connectivity index (χ4n) is 3.86. The molecule has 1 aliphatic heterocycles. The van der Waals surface area contributed by atoms with Gasteiger partial charge in [0.2, 0.25) is 0 Å². The molecule has 2 atom stereocenters. The second kappa shape index (κ2) is 4.08. The molecule has 0 radical (unpaired) electrons. The summed E-state index contributed by atoms with van der Waals surface area (Å²) in [6, 6.07) is 2.50. The van der Waals surface area contributed by atoms with Crippen LogP contribution >= 0.6 is 0 Å². The van der Waals surface area contributed by atoms with Crippen LogP contribution in [0.1, 0.15) is 19.3 Å². The van der Waals surface area contributed by atoms with Crippen LogP contribution in [-0.4, -0.2) is 35.4 Å². The number of imidazole rings is 1. The molecule has 0 spiro atoms. The molecule has 0 aromatic carbocycles. The van der Waals surface area contributed by atoms with Crippen molar-refractivity contribution in [2.45, 2.75) is 24.3 Å². The van der Waals surface area contributed by atoms with E-state index in [9.17, 15) is 13.7 Å². The van der Waals surface area contributed by atoms with Crippen LogP contribution in [0.5, 0.6) is 0 Å². The van der Waals surface area contributed by atoms with Gasteiger partial charge in [0.1, 0.15) is 0 Å². The molecule has 1 aromatic rings. The van der Waals surface area contributed by atoms with Crippen LogP contribution in [0.25, 0.3) is 0 Å². The van der Waals surface area contributed by atoms with Crippen LogP contribution in [0.4, 0.5) is 0 Å². The van der Waals surface area contributed by atoms with E-state index in [4.69, 9.17) is 0 Å². The molecule has 3 fully saturated rings. The van der Waals surface area contributed by atoms with E-state index < -0.39 is 10.0 Å². The monoisotopic (exact) mass is 306 g/mol. The highest BCUT2D eigenvalue weighted by Gasteiger charge is 2.70. The van der Waals surface area contributed by atoms with Gasteiger partial charge in [-0.1, -0.05) is 12.8 Å². The van der Waals surface area contributed by atoms with Crippen molar-refractivity contribution in [3.63, 3.8) is 0 Å². The first kappa shape index (κ1) is 13.3. The first-order valence-corrected chi connectivity index (χ1v) is 8.81. The molecule has 2 heterocycles. The minimum absolute atomic E-state index is 0.107. The molecular weight excluding hydrogens is 288 g/mol. The molecular formula is C14H18N4O2S.